The van der Waals surface area contributed by atoms with E-state index >= 15 is 0 Å². The molecule has 0 unspecified atom stereocenters. The number of pyridine rings is 2. The van der Waals surface area contributed by atoms with Crippen LogP contribution in [0.15, 0.2) is 30.6 Å². The minimum Gasteiger partial charge on any atom is -0.459 e. The molecule has 0 radical (unpaired) electrons. The Labute approximate surface area is 165 Å². The predicted molar refractivity (Wildman–Crippen MR) is 90.2 cm³/mol. The fourth-order valence-electron chi connectivity index (χ4n) is 3.13. The number of hydrogen-bond donors (Lipinski definition) is 0. The Bertz CT molecular complexity index is 1060. The molecule has 3 heterocycles. The van der Waals surface area contributed by atoms with E-state index in [1.54, 1.807) is 6.07 Å². The molecule has 30 heavy (non-hydrogen) atoms. The third-order valence-electron chi connectivity index (χ3n) is 4.92. The highest BCUT2D eigenvalue weighted by molar-refractivity contribution is 5.64. The maximum atomic E-state index is 14.5. The molecule has 1 aliphatic carbocycles. The van der Waals surface area contributed by atoms with Crippen LogP contribution in [-0.4, -0.2) is 38.0 Å². The van der Waals surface area contributed by atoms with E-state index in [1.165, 1.54) is 22.9 Å². The summed E-state index contributed by atoms with van der Waals surface area (Å²) in [7, 11) is 0. The van der Waals surface area contributed by atoms with Gasteiger partial charge in [-0.05, 0) is 37.5 Å². The van der Waals surface area contributed by atoms with E-state index < -0.39 is 36.7 Å². The lowest BCUT2D eigenvalue weighted by molar-refractivity contribution is -0.275. The number of nitrogens with zero attached hydrogens (tertiary/aromatic N) is 4. The molecular formula is C18H14F6N4O2. The Morgan fingerprint density at radius 2 is 1.90 bits per heavy atom. The largest absolute Gasteiger partial charge is 0.459 e. The Kier molecular flexibility index (Phi) is 5.04. The molecule has 0 amide bonds. The highest BCUT2D eigenvalue weighted by atomic mass is 19.4. The van der Waals surface area contributed by atoms with Crippen LogP contribution >= 0.6 is 0 Å². The van der Waals surface area contributed by atoms with Gasteiger partial charge < -0.3 is 9.47 Å². The summed E-state index contributed by atoms with van der Waals surface area (Å²) in [4.78, 5) is 3.72. The normalized spacial score (nSPS) is 16.1. The van der Waals surface area contributed by atoms with Gasteiger partial charge >= 0.3 is 12.8 Å². The van der Waals surface area contributed by atoms with Crippen molar-refractivity contribution in [2.75, 3.05) is 0 Å². The number of hydrogen-bond acceptors (Lipinski definition) is 5. The van der Waals surface area contributed by atoms with Crippen molar-refractivity contribution in [2.45, 2.75) is 44.3 Å². The Hall–Kier alpha value is -2.89. The van der Waals surface area contributed by atoms with Crippen LogP contribution in [-0.2, 0) is 11.3 Å². The fourth-order valence-corrected chi connectivity index (χ4v) is 3.13. The summed E-state index contributed by atoms with van der Waals surface area (Å²) >= 11 is 0. The molecule has 6 nitrogen and oxygen atoms in total. The first-order chi connectivity index (χ1) is 14.2. The zero-order valence-electron chi connectivity index (χ0n) is 15.2. The molecule has 0 atom stereocenters. The van der Waals surface area contributed by atoms with E-state index in [0.717, 1.165) is 6.07 Å². The smallest absolute Gasteiger partial charge is 0.428 e. The minimum absolute atomic E-state index is 0.0950. The van der Waals surface area contributed by atoms with Crippen LogP contribution in [0.3, 0.4) is 0 Å². The van der Waals surface area contributed by atoms with Crippen LogP contribution in [0.25, 0.3) is 16.8 Å². The number of alkyl halides is 5. The summed E-state index contributed by atoms with van der Waals surface area (Å²) in [5.74, 6) is -1.68. The van der Waals surface area contributed by atoms with Crippen molar-refractivity contribution >= 4 is 5.65 Å². The van der Waals surface area contributed by atoms with Gasteiger partial charge in [-0.3, -0.25) is 4.40 Å². The van der Waals surface area contributed by atoms with Crippen molar-refractivity contribution in [2.24, 2.45) is 0 Å². The van der Waals surface area contributed by atoms with E-state index in [-0.39, 0.29) is 24.2 Å². The first-order valence-electron chi connectivity index (χ1n) is 8.84. The summed E-state index contributed by atoms with van der Waals surface area (Å²) < 4.78 is 89.2. The summed E-state index contributed by atoms with van der Waals surface area (Å²) in [6.45, 7) is -3.48. The van der Waals surface area contributed by atoms with E-state index in [9.17, 15) is 26.3 Å². The van der Waals surface area contributed by atoms with Crippen LogP contribution in [0.5, 0.6) is 5.88 Å². The van der Waals surface area contributed by atoms with Gasteiger partial charge in [0.25, 0.3) is 5.88 Å². The zero-order valence-corrected chi connectivity index (χ0v) is 15.2. The van der Waals surface area contributed by atoms with Gasteiger partial charge in [-0.25, -0.2) is 9.37 Å². The fraction of sp³-hybridized carbons (Fsp3) is 0.389. The van der Waals surface area contributed by atoms with Crippen LogP contribution < -0.4 is 4.74 Å². The molecule has 1 fully saturated rings. The molecule has 160 valence electrons. The van der Waals surface area contributed by atoms with E-state index in [1.807, 2.05) is 0 Å². The Morgan fingerprint density at radius 1 is 1.13 bits per heavy atom. The molecule has 1 aliphatic rings. The van der Waals surface area contributed by atoms with Gasteiger partial charge in [0.1, 0.15) is 6.61 Å². The lowest BCUT2D eigenvalue weighted by atomic mass is 9.79. The number of halogens is 6. The second-order valence-corrected chi connectivity index (χ2v) is 6.79. The van der Waals surface area contributed by atoms with Gasteiger partial charge in [-0.1, -0.05) is 0 Å². The van der Waals surface area contributed by atoms with Crippen molar-refractivity contribution in [3.8, 4) is 17.0 Å². The minimum atomic E-state index is -4.63. The molecule has 1 saturated carbocycles. The molecule has 0 saturated heterocycles. The molecule has 3 aromatic rings. The molecule has 3 aromatic heterocycles. The summed E-state index contributed by atoms with van der Waals surface area (Å²) in [6.07, 6.45) is -2.19. The number of ether oxygens (including phenoxy) is 2. The maximum absolute atomic E-state index is 14.5. The van der Waals surface area contributed by atoms with Gasteiger partial charge in [0.05, 0.1) is 0 Å². The average molecular weight is 432 g/mol. The lowest BCUT2D eigenvalue weighted by Gasteiger charge is -2.42. The topological polar surface area (TPSA) is 61.5 Å². The third-order valence-corrected chi connectivity index (χ3v) is 4.92. The first-order valence-corrected chi connectivity index (χ1v) is 8.84. The molecule has 0 aliphatic heterocycles. The molecule has 0 aromatic carbocycles. The van der Waals surface area contributed by atoms with Crippen LogP contribution in [0.2, 0.25) is 0 Å². The predicted octanol–water partition coefficient (Wildman–Crippen LogP) is 4.53. The van der Waals surface area contributed by atoms with E-state index in [0.29, 0.717) is 17.6 Å². The molecular weight excluding hydrogens is 418 g/mol. The van der Waals surface area contributed by atoms with Gasteiger partial charge in [0, 0.05) is 23.5 Å². The number of fused-ring (bicyclic) bond motifs is 1. The maximum Gasteiger partial charge on any atom is 0.428 e. The quantitative estimate of drug-likeness (QED) is 0.536. The van der Waals surface area contributed by atoms with Crippen LogP contribution in [0.4, 0.5) is 26.3 Å². The van der Waals surface area contributed by atoms with Crippen molar-refractivity contribution in [1.29, 1.82) is 0 Å². The number of aromatic nitrogens is 4. The zero-order chi connectivity index (χ0) is 21.5. The molecule has 0 bridgehead atoms. The van der Waals surface area contributed by atoms with Gasteiger partial charge in [-0.2, -0.15) is 22.0 Å². The average Bonchev–Trinajstić information content (AvgIpc) is 3.05. The molecule has 12 heteroatoms. The monoisotopic (exact) mass is 432 g/mol. The Balaban J connectivity index is 1.61. The van der Waals surface area contributed by atoms with Crippen molar-refractivity contribution in [1.82, 2.24) is 19.6 Å². The summed E-state index contributed by atoms with van der Waals surface area (Å²) in [5.41, 5.74) is -1.42. The highest BCUT2D eigenvalue weighted by Gasteiger charge is 2.61. The van der Waals surface area contributed by atoms with Crippen molar-refractivity contribution in [3.05, 3.63) is 42.2 Å². The highest BCUT2D eigenvalue weighted by Crippen LogP contribution is 2.48. The van der Waals surface area contributed by atoms with E-state index in [2.05, 4.69) is 19.9 Å². The van der Waals surface area contributed by atoms with Crippen LogP contribution in [0.1, 0.15) is 25.1 Å². The van der Waals surface area contributed by atoms with Crippen molar-refractivity contribution < 1.29 is 35.8 Å². The Morgan fingerprint density at radius 3 is 2.50 bits per heavy atom. The van der Waals surface area contributed by atoms with E-state index in [4.69, 9.17) is 4.74 Å². The first kappa shape index (κ1) is 20.4. The number of rotatable bonds is 6. The van der Waals surface area contributed by atoms with Gasteiger partial charge in [0.2, 0.25) is 5.60 Å². The van der Waals surface area contributed by atoms with Crippen LogP contribution in [0, 0.1) is 5.82 Å². The SMILES string of the molecule is Fc1cc(-c2ccc3nnc(COC(F)F)n3c2)cnc1OC1(C(F)(F)F)CCC1. The van der Waals surface area contributed by atoms with Gasteiger partial charge in [-0.15, -0.1) is 10.2 Å². The summed E-state index contributed by atoms with van der Waals surface area (Å²) in [5, 5.41) is 7.57. The second-order valence-electron chi connectivity index (χ2n) is 6.79. The van der Waals surface area contributed by atoms with Gasteiger partial charge in [0.15, 0.2) is 17.3 Å². The molecule has 4 rings (SSSR count). The molecule has 0 spiro atoms. The second kappa shape index (κ2) is 7.42. The third kappa shape index (κ3) is 3.66. The lowest BCUT2D eigenvalue weighted by Crippen LogP contribution is -2.55. The van der Waals surface area contributed by atoms with Crippen molar-refractivity contribution in [3.63, 3.8) is 0 Å². The molecule has 0 N–H and O–H groups in total. The standard InChI is InChI=1S/C18H14F6N4O2/c19-12-6-11(7-25-15(12)30-17(4-1-5-17)18(22,23)24)10-2-3-13-26-27-14(28(13)8-10)9-29-16(20)21/h2-3,6-8,16H,1,4-5,9H2. The summed E-state index contributed by atoms with van der Waals surface area (Å²) in [6, 6.07) is 4.07.